The van der Waals surface area contributed by atoms with Crippen molar-refractivity contribution in [2.45, 2.75) is 23.5 Å². The number of hydrogen-bond donors (Lipinski definition) is 2. The number of rotatable bonds is 5. The first-order valence-corrected chi connectivity index (χ1v) is 7.69. The van der Waals surface area contributed by atoms with Crippen molar-refractivity contribution in [3.8, 4) is 0 Å². The van der Waals surface area contributed by atoms with E-state index in [9.17, 15) is 4.39 Å². The van der Waals surface area contributed by atoms with Gasteiger partial charge in [0.25, 0.3) is 0 Å². The highest BCUT2D eigenvalue weighted by atomic mass is 32.2. The van der Waals surface area contributed by atoms with Gasteiger partial charge in [0.1, 0.15) is 5.82 Å². The number of para-hydroxylation sites is 2. The molecule has 0 fully saturated rings. The monoisotopic (exact) mass is 301 g/mol. The summed E-state index contributed by atoms with van der Waals surface area (Å²) < 4.78 is 13.7. The topological polar surface area (TPSA) is 40.7 Å². The van der Waals surface area contributed by atoms with Gasteiger partial charge in [0, 0.05) is 11.4 Å². The van der Waals surface area contributed by atoms with Crippen molar-refractivity contribution in [2.75, 3.05) is 6.54 Å². The third-order valence-corrected chi connectivity index (χ3v) is 3.95. The normalized spacial score (nSPS) is 11.1. The zero-order valence-electron chi connectivity index (χ0n) is 11.7. The van der Waals surface area contributed by atoms with Gasteiger partial charge < -0.3 is 10.3 Å². The van der Waals surface area contributed by atoms with Crippen LogP contribution in [0.4, 0.5) is 4.39 Å². The van der Waals surface area contributed by atoms with E-state index in [0.29, 0.717) is 6.54 Å². The van der Waals surface area contributed by atoms with E-state index in [1.807, 2.05) is 37.3 Å². The quantitative estimate of drug-likeness (QED) is 0.749. The Hall–Kier alpha value is -1.85. The Bertz CT molecular complexity index is 721. The fraction of sp³-hybridized carbons (Fsp3) is 0.188. The number of imidazole rings is 1. The van der Waals surface area contributed by atoms with E-state index < -0.39 is 0 Å². The van der Waals surface area contributed by atoms with Crippen LogP contribution in [0.3, 0.4) is 0 Å². The molecular weight excluding hydrogens is 285 g/mol. The van der Waals surface area contributed by atoms with Crippen LogP contribution >= 0.6 is 11.8 Å². The number of aromatic amines is 1. The standard InChI is InChI=1S/C16H16FN3S/c1-2-18-10-11-7-12(17)9-13(8-11)21-16-19-14-5-3-4-6-15(14)20-16/h3-9,18H,2,10H2,1H3,(H,19,20). The average Bonchev–Trinajstić information content (AvgIpc) is 2.86. The maximum absolute atomic E-state index is 13.7. The number of nitrogens with zero attached hydrogens (tertiary/aromatic N) is 1. The van der Waals surface area contributed by atoms with Crippen molar-refractivity contribution in [1.29, 1.82) is 0 Å². The summed E-state index contributed by atoms with van der Waals surface area (Å²) in [6.07, 6.45) is 0. The number of aromatic nitrogens is 2. The summed E-state index contributed by atoms with van der Waals surface area (Å²) in [4.78, 5) is 8.59. The van der Waals surface area contributed by atoms with E-state index in [0.717, 1.165) is 33.2 Å². The molecular formula is C16H16FN3S. The van der Waals surface area contributed by atoms with E-state index in [1.54, 1.807) is 6.07 Å². The molecule has 3 nitrogen and oxygen atoms in total. The molecule has 0 amide bonds. The third-order valence-electron chi connectivity index (χ3n) is 3.09. The molecule has 0 aliphatic carbocycles. The molecule has 0 atom stereocenters. The Morgan fingerprint density at radius 2 is 2.10 bits per heavy atom. The number of hydrogen-bond acceptors (Lipinski definition) is 3. The predicted molar refractivity (Wildman–Crippen MR) is 84.0 cm³/mol. The van der Waals surface area contributed by atoms with Crippen LogP contribution in [0.2, 0.25) is 0 Å². The van der Waals surface area contributed by atoms with Crippen LogP contribution in [0.25, 0.3) is 11.0 Å². The zero-order valence-corrected chi connectivity index (χ0v) is 12.5. The van der Waals surface area contributed by atoms with E-state index >= 15 is 0 Å². The molecule has 0 aliphatic heterocycles. The molecule has 2 N–H and O–H groups in total. The van der Waals surface area contributed by atoms with E-state index in [1.165, 1.54) is 17.8 Å². The van der Waals surface area contributed by atoms with Crippen LogP contribution in [0.5, 0.6) is 0 Å². The summed E-state index contributed by atoms with van der Waals surface area (Å²) in [5.74, 6) is -0.219. The Morgan fingerprint density at radius 3 is 2.90 bits per heavy atom. The van der Waals surface area contributed by atoms with Crippen molar-refractivity contribution in [2.24, 2.45) is 0 Å². The number of halogens is 1. The Labute approximate surface area is 127 Å². The molecule has 0 bridgehead atoms. The van der Waals surface area contributed by atoms with Gasteiger partial charge in [-0.25, -0.2) is 9.37 Å². The van der Waals surface area contributed by atoms with Gasteiger partial charge in [-0.2, -0.15) is 0 Å². The highest BCUT2D eigenvalue weighted by Crippen LogP contribution is 2.28. The summed E-state index contributed by atoms with van der Waals surface area (Å²) in [6.45, 7) is 3.56. The van der Waals surface area contributed by atoms with Gasteiger partial charge >= 0.3 is 0 Å². The molecule has 108 valence electrons. The second-order valence-electron chi connectivity index (χ2n) is 4.74. The van der Waals surface area contributed by atoms with Crippen molar-refractivity contribution < 1.29 is 4.39 Å². The highest BCUT2D eigenvalue weighted by Gasteiger charge is 2.07. The first-order chi connectivity index (χ1) is 10.2. The molecule has 0 spiro atoms. The van der Waals surface area contributed by atoms with Crippen molar-refractivity contribution in [1.82, 2.24) is 15.3 Å². The maximum Gasteiger partial charge on any atom is 0.171 e. The minimum atomic E-state index is -0.219. The second-order valence-corrected chi connectivity index (χ2v) is 5.80. The molecule has 3 rings (SSSR count). The summed E-state index contributed by atoms with van der Waals surface area (Å²) >= 11 is 1.44. The van der Waals surface area contributed by atoms with E-state index in [-0.39, 0.29) is 5.82 Å². The summed E-state index contributed by atoms with van der Waals surface area (Å²) in [6, 6.07) is 12.9. The molecule has 0 saturated heterocycles. The lowest BCUT2D eigenvalue weighted by atomic mass is 10.2. The molecule has 21 heavy (non-hydrogen) atoms. The molecule has 1 aromatic heterocycles. The van der Waals surface area contributed by atoms with Crippen molar-refractivity contribution >= 4 is 22.8 Å². The van der Waals surface area contributed by atoms with Gasteiger partial charge in [0.15, 0.2) is 5.16 Å². The minimum absolute atomic E-state index is 0.219. The van der Waals surface area contributed by atoms with Gasteiger partial charge in [-0.15, -0.1) is 0 Å². The fourth-order valence-electron chi connectivity index (χ4n) is 2.14. The Morgan fingerprint density at radius 1 is 1.24 bits per heavy atom. The van der Waals surface area contributed by atoms with Crippen LogP contribution < -0.4 is 5.32 Å². The molecule has 1 heterocycles. The van der Waals surface area contributed by atoms with Crippen molar-refractivity contribution in [3.63, 3.8) is 0 Å². The molecule has 0 aliphatic rings. The summed E-state index contributed by atoms with van der Waals surface area (Å²) in [7, 11) is 0. The average molecular weight is 301 g/mol. The number of benzene rings is 2. The maximum atomic E-state index is 13.7. The molecule has 0 unspecified atom stereocenters. The van der Waals surface area contributed by atoms with Crippen LogP contribution in [0.1, 0.15) is 12.5 Å². The lowest BCUT2D eigenvalue weighted by molar-refractivity contribution is 0.617. The molecule has 5 heteroatoms. The van der Waals surface area contributed by atoms with Crippen LogP contribution in [0.15, 0.2) is 52.5 Å². The molecule has 3 aromatic rings. The molecule has 2 aromatic carbocycles. The molecule has 0 saturated carbocycles. The van der Waals surface area contributed by atoms with Gasteiger partial charge in [0.05, 0.1) is 11.0 Å². The number of nitrogens with one attached hydrogen (secondary N) is 2. The predicted octanol–water partition coefficient (Wildman–Crippen LogP) is 3.96. The van der Waals surface area contributed by atoms with Gasteiger partial charge in [-0.3, -0.25) is 0 Å². The minimum Gasteiger partial charge on any atom is -0.333 e. The van der Waals surface area contributed by atoms with Crippen molar-refractivity contribution in [3.05, 3.63) is 53.8 Å². The number of fused-ring (bicyclic) bond motifs is 1. The SMILES string of the molecule is CCNCc1cc(F)cc(Sc2nc3ccccc3[nH]2)c1. The molecule has 0 radical (unpaired) electrons. The largest absolute Gasteiger partial charge is 0.333 e. The Kier molecular flexibility index (Phi) is 4.22. The van der Waals surface area contributed by atoms with Gasteiger partial charge in [-0.05, 0) is 42.4 Å². The second kappa shape index (κ2) is 6.28. The smallest absolute Gasteiger partial charge is 0.171 e. The fourth-order valence-corrected chi connectivity index (χ4v) is 3.05. The van der Waals surface area contributed by atoms with Gasteiger partial charge in [-0.1, -0.05) is 30.8 Å². The third kappa shape index (κ3) is 3.43. The highest BCUT2D eigenvalue weighted by molar-refractivity contribution is 7.99. The zero-order chi connectivity index (χ0) is 14.7. The lowest BCUT2D eigenvalue weighted by Crippen LogP contribution is -2.11. The Balaban J connectivity index is 1.84. The first-order valence-electron chi connectivity index (χ1n) is 6.87. The van der Waals surface area contributed by atoms with E-state index in [4.69, 9.17) is 0 Å². The van der Waals surface area contributed by atoms with Crippen LogP contribution in [-0.4, -0.2) is 16.5 Å². The van der Waals surface area contributed by atoms with Gasteiger partial charge in [0.2, 0.25) is 0 Å². The first kappa shape index (κ1) is 14.1. The lowest BCUT2D eigenvalue weighted by Gasteiger charge is -2.05. The number of H-pyrrole nitrogens is 1. The van der Waals surface area contributed by atoms with E-state index in [2.05, 4.69) is 15.3 Å². The van der Waals surface area contributed by atoms with Crippen LogP contribution in [-0.2, 0) is 6.54 Å². The summed E-state index contributed by atoms with van der Waals surface area (Å²) in [5, 5.41) is 3.98. The summed E-state index contributed by atoms with van der Waals surface area (Å²) in [5.41, 5.74) is 2.85. The van der Waals surface area contributed by atoms with Crippen LogP contribution in [0, 0.1) is 5.82 Å².